The van der Waals surface area contributed by atoms with Crippen LogP contribution in [0.15, 0.2) is 36.7 Å². The number of amides is 1. The summed E-state index contributed by atoms with van der Waals surface area (Å²) in [6, 6.07) is 8.16. The summed E-state index contributed by atoms with van der Waals surface area (Å²) in [5, 5.41) is 22.5. The Hall–Kier alpha value is -3.49. The minimum absolute atomic E-state index is 0.00460. The van der Waals surface area contributed by atoms with Crippen LogP contribution < -0.4 is 5.32 Å². The number of benzene rings is 1. The maximum Gasteiger partial charge on any atom is 0.312 e. The molecule has 9 heteroatoms. The highest BCUT2D eigenvalue weighted by Crippen LogP contribution is 2.22. The van der Waals surface area contributed by atoms with Gasteiger partial charge in [0.2, 0.25) is 5.91 Å². The van der Waals surface area contributed by atoms with Crippen molar-refractivity contribution in [2.45, 2.75) is 40.8 Å². The number of carbonyl (C=O) groups is 1. The molecule has 0 aliphatic rings. The standard InChI is InChI=1S/C20H24N6O3/c1-13-6-5-7-17(8-13)11-24-12-18(9-21-24)22-20(27)14(2)10-25-16(4)19(26(28)29)15(3)23-25/h5-9,12,14H,10-11H2,1-4H3,(H,22,27). The lowest BCUT2D eigenvalue weighted by Gasteiger charge is -2.12. The summed E-state index contributed by atoms with van der Waals surface area (Å²) < 4.78 is 3.28. The summed E-state index contributed by atoms with van der Waals surface area (Å²) >= 11 is 0. The zero-order chi connectivity index (χ0) is 21.1. The molecular weight excluding hydrogens is 372 g/mol. The Kier molecular flexibility index (Phi) is 5.76. The van der Waals surface area contributed by atoms with Crippen molar-refractivity contribution in [3.8, 4) is 0 Å². The van der Waals surface area contributed by atoms with Gasteiger partial charge in [0.25, 0.3) is 0 Å². The molecule has 152 valence electrons. The lowest BCUT2D eigenvalue weighted by molar-refractivity contribution is -0.386. The molecule has 1 unspecified atom stereocenters. The van der Waals surface area contributed by atoms with Gasteiger partial charge in [0.1, 0.15) is 11.4 Å². The fourth-order valence-corrected chi connectivity index (χ4v) is 3.25. The van der Waals surface area contributed by atoms with Crippen LogP contribution in [0.4, 0.5) is 11.4 Å². The van der Waals surface area contributed by atoms with Crippen LogP contribution in [0, 0.1) is 36.8 Å². The van der Waals surface area contributed by atoms with Crippen molar-refractivity contribution in [1.29, 1.82) is 0 Å². The summed E-state index contributed by atoms with van der Waals surface area (Å²) in [6.45, 7) is 7.89. The number of aryl methyl sites for hydroxylation is 2. The molecule has 3 rings (SSSR count). The van der Waals surface area contributed by atoms with Gasteiger partial charge in [-0.05, 0) is 26.3 Å². The molecule has 2 heterocycles. The molecule has 1 N–H and O–H groups in total. The zero-order valence-corrected chi connectivity index (χ0v) is 16.9. The number of carbonyl (C=O) groups excluding carboxylic acids is 1. The molecule has 2 aromatic heterocycles. The molecule has 1 atom stereocenters. The lowest BCUT2D eigenvalue weighted by atomic mass is 10.1. The predicted octanol–water partition coefficient (Wildman–Crippen LogP) is 3.24. The first-order chi connectivity index (χ1) is 13.7. The summed E-state index contributed by atoms with van der Waals surface area (Å²) in [6.07, 6.45) is 3.38. The Labute approximate surface area is 168 Å². The second kappa shape index (κ2) is 8.26. The molecule has 0 saturated heterocycles. The fourth-order valence-electron chi connectivity index (χ4n) is 3.25. The van der Waals surface area contributed by atoms with Crippen molar-refractivity contribution < 1.29 is 9.72 Å². The minimum atomic E-state index is -0.443. The Morgan fingerprint density at radius 2 is 2.07 bits per heavy atom. The topological polar surface area (TPSA) is 108 Å². The van der Waals surface area contributed by atoms with E-state index in [1.807, 2.05) is 25.1 Å². The molecule has 9 nitrogen and oxygen atoms in total. The molecule has 0 bridgehead atoms. The average Bonchev–Trinajstić information content (AvgIpc) is 3.18. The SMILES string of the molecule is Cc1cccc(Cn2cc(NC(=O)C(C)Cn3nc(C)c([N+](=O)[O-])c3C)cn2)c1. The van der Waals surface area contributed by atoms with E-state index in [-0.39, 0.29) is 18.1 Å². The minimum Gasteiger partial charge on any atom is -0.323 e. The van der Waals surface area contributed by atoms with Crippen molar-refractivity contribution >= 4 is 17.3 Å². The molecular formula is C20H24N6O3. The predicted molar refractivity (Wildman–Crippen MR) is 109 cm³/mol. The number of aromatic nitrogens is 4. The summed E-state index contributed by atoms with van der Waals surface area (Å²) in [5.74, 6) is -0.622. The molecule has 1 aromatic carbocycles. The second-order valence-corrected chi connectivity index (χ2v) is 7.26. The van der Waals surface area contributed by atoms with E-state index < -0.39 is 10.8 Å². The quantitative estimate of drug-likeness (QED) is 0.487. The van der Waals surface area contributed by atoms with Crippen molar-refractivity contribution in [2.24, 2.45) is 5.92 Å². The highest BCUT2D eigenvalue weighted by atomic mass is 16.6. The Morgan fingerprint density at radius 3 is 2.72 bits per heavy atom. The van der Waals surface area contributed by atoms with Crippen LogP contribution in [-0.2, 0) is 17.9 Å². The number of rotatable bonds is 7. The Morgan fingerprint density at radius 1 is 1.31 bits per heavy atom. The third-order valence-electron chi connectivity index (χ3n) is 4.75. The molecule has 0 radical (unpaired) electrons. The third-order valence-corrected chi connectivity index (χ3v) is 4.75. The first-order valence-electron chi connectivity index (χ1n) is 9.32. The van der Waals surface area contributed by atoms with E-state index in [0.717, 1.165) is 5.56 Å². The first-order valence-corrected chi connectivity index (χ1v) is 9.32. The van der Waals surface area contributed by atoms with Crippen molar-refractivity contribution in [3.05, 3.63) is 69.3 Å². The third kappa shape index (κ3) is 4.68. The summed E-state index contributed by atoms with van der Waals surface area (Å²) in [7, 11) is 0. The van der Waals surface area contributed by atoms with Gasteiger partial charge in [0, 0.05) is 6.20 Å². The number of hydrogen-bond donors (Lipinski definition) is 1. The fraction of sp³-hybridized carbons (Fsp3) is 0.350. The van der Waals surface area contributed by atoms with Gasteiger partial charge in [-0.15, -0.1) is 0 Å². The summed E-state index contributed by atoms with van der Waals surface area (Å²) in [5.41, 5.74) is 3.70. The van der Waals surface area contributed by atoms with Crippen molar-refractivity contribution in [2.75, 3.05) is 5.32 Å². The lowest BCUT2D eigenvalue weighted by Crippen LogP contribution is -2.25. The van der Waals surface area contributed by atoms with Gasteiger partial charge >= 0.3 is 5.69 Å². The average molecular weight is 396 g/mol. The van der Waals surface area contributed by atoms with Crippen LogP contribution in [0.1, 0.15) is 29.4 Å². The van der Waals surface area contributed by atoms with Crippen molar-refractivity contribution in [1.82, 2.24) is 19.6 Å². The molecule has 29 heavy (non-hydrogen) atoms. The zero-order valence-electron chi connectivity index (χ0n) is 16.9. The van der Waals surface area contributed by atoms with E-state index in [2.05, 4.69) is 21.6 Å². The largest absolute Gasteiger partial charge is 0.323 e. The number of hydrogen-bond acceptors (Lipinski definition) is 5. The molecule has 1 amide bonds. The van der Waals surface area contributed by atoms with Crippen LogP contribution in [-0.4, -0.2) is 30.4 Å². The van der Waals surface area contributed by atoms with Crippen LogP contribution in [0.25, 0.3) is 0 Å². The van der Waals surface area contributed by atoms with Crippen LogP contribution in [0.3, 0.4) is 0 Å². The second-order valence-electron chi connectivity index (χ2n) is 7.26. The molecule has 0 saturated carbocycles. The van der Waals surface area contributed by atoms with Gasteiger partial charge in [0.05, 0.1) is 35.8 Å². The summed E-state index contributed by atoms with van der Waals surface area (Å²) in [4.78, 5) is 23.2. The number of nitrogens with one attached hydrogen (secondary N) is 1. The van der Waals surface area contributed by atoms with Gasteiger partial charge in [-0.1, -0.05) is 36.8 Å². The van der Waals surface area contributed by atoms with Crippen LogP contribution in [0.2, 0.25) is 0 Å². The molecule has 0 spiro atoms. The molecule has 0 fully saturated rings. The highest BCUT2D eigenvalue weighted by Gasteiger charge is 2.24. The Bertz CT molecular complexity index is 1050. The van der Waals surface area contributed by atoms with Gasteiger partial charge < -0.3 is 5.32 Å². The van der Waals surface area contributed by atoms with Gasteiger partial charge in [-0.25, -0.2) is 0 Å². The maximum absolute atomic E-state index is 12.5. The van der Waals surface area contributed by atoms with E-state index >= 15 is 0 Å². The van der Waals surface area contributed by atoms with Gasteiger partial charge in [-0.2, -0.15) is 10.2 Å². The monoisotopic (exact) mass is 396 g/mol. The van der Waals surface area contributed by atoms with Crippen molar-refractivity contribution in [3.63, 3.8) is 0 Å². The number of nitrogens with zero attached hydrogens (tertiary/aromatic N) is 5. The van der Waals surface area contributed by atoms with E-state index in [1.54, 1.807) is 37.8 Å². The molecule has 0 aliphatic heterocycles. The first kappa shape index (κ1) is 20.2. The smallest absolute Gasteiger partial charge is 0.312 e. The maximum atomic E-state index is 12.5. The van der Waals surface area contributed by atoms with Crippen LogP contribution in [0.5, 0.6) is 0 Å². The van der Waals surface area contributed by atoms with Gasteiger partial charge in [0.15, 0.2) is 0 Å². The molecule has 3 aromatic rings. The van der Waals surface area contributed by atoms with E-state index in [9.17, 15) is 14.9 Å². The number of anilines is 1. The van der Waals surface area contributed by atoms with Gasteiger partial charge in [-0.3, -0.25) is 24.3 Å². The van der Waals surface area contributed by atoms with E-state index in [4.69, 9.17) is 0 Å². The van der Waals surface area contributed by atoms with E-state index in [0.29, 0.717) is 23.6 Å². The highest BCUT2D eigenvalue weighted by molar-refractivity contribution is 5.92. The van der Waals surface area contributed by atoms with Crippen LogP contribution >= 0.6 is 0 Å². The van der Waals surface area contributed by atoms with E-state index in [1.165, 1.54) is 10.2 Å². The number of nitro groups is 1. The normalized spacial score (nSPS) is 12.0. The Balaban J connectivity index is 1.62. The molecule has 0 aliphatic carbocycles.